The molecule has 3 aliphatic carbocycles. The third-order valence-corrected chi connectivity index (χ3v) is 17.8. The Bertz CT molecular complexity index is 1380. The van der Waals surface area contributed by atoms with Crippen LogP contribution in [0.2, 0.25) is 5.04 Å². The van der Waals surface area contributed by atoms with Gasteiger partial charge in [0.15, 0.2) is 0 Å². The number of rotatable bonds is 9. The van der Waals surface area contributed by atoms with Gasteiger partial charge in [-0.25, -0.2) is 0 Å². The zero-order valence-electron chi connectivity index (χ0n) is 30.1. The molecular weight excluding hydrogens is 601 g/mol. The molecule has 0 unspecified atom stereocenters. The summed E-state index contributed by atoms with van der Waals surface area (Å²) < 4.78 is 19.5. The van der Waals surface area contributed by atoms with Crippen molar-refractivity contribution in [1.29, 1.82) is 0 Å². The van der Waals surface area contributed by atoms with E-state index in [9.17, 15) is 9.59 Å². The summed E-state index contributed by atoms with van der Waals surface area (Å²) in [6.07, 6.45) is 5.92. The lowest BCUT2D eigenvalue weighted by atomic mass is 9.49. The maximum Gasteiger partial charge on any atom is 0.303 e. The van der Waals surface area contributed by atoms with E-state index < -0.39 is 8.32 Å². The third kappa shape index (κ3) is 6.66. The number of ether oxygens (including phenoxy) is 2. The first-order valence-corrected chi connectivity index (χ1v) is 19.8. The van der Waals surface area contributed by atoms with Crippen LogP contribution in [0.1, 0.15) is 93.9 Å². The van der Waals surface area contributed by atoms with Gasteiger partial charge in [0, 0.05) is 20.5 Å². The Morgan fingerprint density at radius 3 is 1.98 bits per heavy atom. The van der Waals surface area contributed by atoms with Crippen molar-refractivity contribution < 1.29 is 23.5 Å². The zero-order chi connectivity index (χ0) is 34.2. The van der Waals surface area contributed by atoms with Crippen LogP contribution in [-0.4, -0.2) is 39.6 Å². The van der Waals surface area contributed by atoms with Gasteiger partial charge in [0.1, 0.15) is 6.10 Å². The molecule has 0 spiro atoms. The lowest BCUT2D eigenvalue weighted by Crippen LogP contribution is -2.67. The molecule has 5 rings (SSSR count). The quantitative estimate of drug-likeness (QED) is 0.155. The number of hydrogen-bond donors (Lipinski definition) is 0. The highest BCUT2D eigenvalue weighted by atomic mass is 28.4. The van der Waals surface area contributed by atoms with Gasteiger partial charge in [-0.15, -0.1) is 0 Å². The maximum atomic E-state index is 12.3. The Labute approximate surface area is 285 Å². The molecule has 3 fully saturated rings. The standard InChI is InChI=1S/C41H58O5Si/c1-28-20-22-41(9,32(24-28)26-44-30(3)42)36-21-23-40(8)29(2)38(46-31(4)43)25-37(40)35(36)27-45-47(39(5,6)7,33-16-12-10-13-17-33)34-18-14-11-15-19-34/h10-19,28,32,35-38H,2,20-27H2,1,3-9H3/t28-,32+,35+,36-,37-,38-,40+,41-/m0/s1. The van der Waals surface area contributed by atoms with E-state index in [1.807, 2.05) is 0 Å². The first kappa shape index (κ1) is 35.6. The van der Waals surface area contributed by atoms with Crippen LogP contribution in [0.3, 0.4) is 0 Å². The Hall–Kier alpha value is -2.70. The smallest absolute Gasteiger partial charge is 0.303 e. The summed E-state index contributed by atoms with van der Waals surface area (Å²) in [5.41, 5.74) is 0.911. The molecule has 256 valence electrons. The van der Waals surface area contributed by atoms with Crippen molar-refractivity contribution >= 4 is 30.6 Å². The van der Waals surface area contributed by atoms with E-state index >= 15 is 0 Å². The van der Waals surface area contributed by atoms with E-state index in [0.717, 1.165) is 37.7 Å². The summed E-state index contributed by atoms with van der Waals surface area (Å²) in [7, 11) is -2.80. The summed E-state index contributed by atoms with van der Waals surface area (Å²) in [5.74, 6) is 1.30. The molecule has 2 aromatic rings. The lowest BCUT2D eigenvalue weighted by Gasteiger charge is -2.57. The topological polar surface area (TPSA) is 61.8 Å². The summed E-state index contributed by atoms with van der Waals surface area (Å²) in [5, 5.41) is 2.44. The van der Waals surface area contributed by atoms with E-state index in [1.54, 1.807) is 0 Å². The van der Waals surface area contributed by atoms with Gasteiger partial charge in [0.25, 0.3) is 8.32 Å². The molecule has 3 saturated carbocycles. The molecule has 0 amide bonds. The molecule has 2 aromatic carbocycles. The predicted molar refractivity (Wildman–Crippen MR) is 192 cm³/mol. The van der Waals surface area contributed by atoms with E-state index in [1.165, 1.54) is 30.6 Å². The van der Waals surface area contributed by atoms with Crippen molar-refractivity contribution in [2.24, 2.45) is 40.4 Å². The number of fused-ring (bicyclic) bond motifs is 1. The average Bonchev–Trinajstić information content (AvgIpc) is 3.27. The van der Waals surface area contributed by atoms with E-state index in [4.69, 9.17) is 13.9 Å². The highest BCUT2D eigenvalue weighted by molar-refractivity contribution is 6.99. The van der Waals surface area contributed by atoms with E-state index in [2.05, 4.69) is 109 Å². The molecule has 0 bridgehead atoms. The molecule has 0 heterocycles. The number of esters is 2. The number of hydrogen-bond acceptors (Lipinski definition) is 5. The summed E-state index contributed by atoms with van der Waals surface area (Å²) in [4.78, 5) is 24.3. The second kappa shape index (κ2) is 13.7. The van der Waals surface area contributed by atoms with E-state index in [-0.39, 0.29) is 51.7 Å². The van der Waals surface area contributed by atoms with Gasteiger partial charge >= 0.3 is 11.9 Å². The zero-order valence-corrected chi connectivity index (χ0v) is 31.1. The van der Waals surface area contributed by atoms with Crippen LogP contribution in [0, 0.1) is 40.4 Å². The molecule has 0 saturated heterocycles. The minimum atomic E-state index is -2.80. The van der Waals surface area contributed by atoms with Gasteiger partial charge < -0.3 is 13.9 Å². The summed E-state index contributed by atoms with van der Waals surface area (Å²) in [6, 6.07) is 21.8. The van der Waals surface area contributed by atoms with Crippen LogP contribution in [0.25, 0.3) is 0 Å². The SMILES string of the molecule is C=C1[C@@H](OC(C)=O)C[C@H]2[C@H](CO[Si](c3ccccc3)(c3ccccc3)C(C)(C)C)[C@@H]([C@@]3(C)CC[C@H](C)C[C@@H]3COC(C)=O)CC[C@]12C. The van der Waals surface area contributed by atoms with Gasteiger partial charge in [0.2, 0.25) is 0 Å². The van der Waals surface area contributed by atoms with E-state index in [0.29, 0.717) is 25.0 Å². The molecule has 6 heteroatoms. The maximum absolute atomic E-state index is 12.3. The molecule has 5 nitrogen and oxygen atoms in total. The molecule has 0 aromatic heterocycles. The van der Waals surface area contributed by atoms with Gasteiger partial charge in [-0.1, -0.05) is 115 Å². The number of carbonyl (C=O) groups excluding carboxylic acids is 2. The predicted octanol–water partition coefficient (Wildman–Crippen LogP) is 8.11. The first-order chi connectivity index (χ1) is 22.1. The summed E-state index contributed by atoms with van der Waals surface area (Å²) in [6.45, 7) is 22.9. The molecule has 0 N–H and O–H groups in total. The second-order valence-electron chi connectivity index (χ2n) is 16.6. The van der Waals surface area contributed by atoms with Crippen molar-refractivity contribution in [3.05, 3.63) is 72.8 Å². The Balaban J connectivity index is 1.61. The van der Waals surface area contributed by atoms with Crippen molar-refractivity contribution in [1.82, 2.24) is 0 Å². The van der Waals surface area contributed by atoms with Crippen LogP contribution in [0.4, 0.5) is 0 Å². The average molecular weight is 659 g/mol. The fraction of sp³-hybridized carbons (Fsp3) is 0.610. The Morgan fingerprint density at radius 1 is 0.851 bits per heavy atom. The van der Waals surface area contributed by atoms with Gasteiger partial charge in [-0.3, -0.25) is 9.59 Å². The normalized spacial score (nSPS) is 32.8. The van der Waals surface area contributed by atoms with Crippen LogP contribution in [-0.2, 0) is 23.5 Å². The molecular formula is C41H58O5Si. The van der Waals surface area contributed by atoms with Crippen LogP contribution >= 0.6 is 0 Å². The van der Waals surface area contributed by atoms with Gasteiger partial charge in [-0.2, -0.15) is 0 Å². The highest BCUT2D eigenvalue weighted by Crippen LogP contribution is 2.64. The van der Waals surface area contributed by atoms with Crippen molar-refractivity contribution in [2.75, 3.05) is 13.2 Å². The van der Waals surface area contributed by atoms with Crippen molar-refractivity contribution in [2.45, 2.75) is 105 Å². The first-order valence-electron chi connectivity index (χ1n) is 17.9. The van der Waals surface area contributed by atoms with Crippen LogP contribution < -0.4 is 10.4 Å². The Morgan fingerprint density at radius 2 is 1.45 bits per heavy atom. The molecule has 8 atom stereocenters. The van der Waals surface area contributed by atoms with Crippen molar-refractivity contribution in [3.8, 4) is 0 Å². The van der Waals surface area contributed by atoms with Crippen molar-refractivity contribution in [3.63, 3.8) is 0 Å². The largest absolute Gasteiger partial charge is 0.466 e. The fourth-order valence-corrected chi connectivity index (χ4v) is 14.7. The number of benzene rings is 2. The highest BCUT2D eigenvalue weighted by Gasteiger charge is 2.60. The monoisotopic (exact) mass is 658 g/mol. The minimum absolute atomic E-state index is 0.0103. The Kier molecular flexibility index (Phi) is 10.3. The fourth-order valence-electron chi connectivity index (χ4n) is 10.1. The minimum Gasteiger partial charge on any atom is -0.466 e. The molecule has 0 radical (unpaired) electrons. The van der Waals surface area contributed by atoms with Gasteiger partial charge in [-0.05, 0) is 93.5 Å². The number of carbonyl (C=O) groups is 2. The van der Waals surface area contributed by atoms with Crippen LogP contribution in [0.5, 0.6) is 0 Å². The second-order valence-corrected chi connectivity index (χ2v) is 20.9. The van der Waals surface area contributed by atoms with Crippen LogP contribution in [0.15, 0.2) is 72.8 Å². The molecule has 3 aliphatic rings. The molecule has 0 aliphatic heterocycles. The van der Waals surface area contributed by atoms with Gasteiger partial charge in [0.05, 0.1) is 6.61 Å². The lowest BCUT2D eigenvalue weighted by molar-refractivity contribution is -0.149. The third-order valence-electron chi connectivity index (χ3n) is 12.8. The summed E-state index contributed by atoms with van der Waals surface area (Å²) >= 11 is 0. The molecule has 47 heavy (non-hydrogen) atoms.